The molecule has 0 bridgehead atoms. The van der Waals surface area contributed by atoms with Crippen molar-refractivity contribution in [3.05, 3.63) is 29.3 Å². The van der Waals surface area contributed by atoms with Gasteiger partial charge in [-0.25, -0.2) is 0 Å². The lowest BCUT2D eigenvalue weighted by Crippen LogP contribution is -2.46. The normalized spacial score (nSPS) is 26.4. The number of hydrogen-bond donors (Lipinski definition) is 0. The molecule has 18 heavy (non-hydrogen) atoms. The molecule has 2 aliphatic heterocycles. The van der Waals surface area contributed by atoms with E-state index in [1.807, 2.05) is 25.1 Å². The van der Waals surface area contributed by atoms with Crippen molar-refractivity contribution in [2.75, 3.05) is 18.6 Å². The van der Waals surface area contributed by atoms with Crippen molar-refractivity contribution in [3.63, 3.8) is 0 Å². The number of hydrogen-bond acceptors (Lipinski definition) is 3. The summed E-state index contributed by atoms with van der Waals surface area (Å²) in [5, 5.41) is 0. The second kappa shape index (κ2) is 3.57. The van der Waals surface area contributed by atoms with Crippen molar-refractivity contribution in [2.24, 2.45) is 0 Å². The number of benzene rings is 1. The van der Waals surface area contributed by atoms with E-state index in [0.717, 1.165) is 16.8 Å². The Balaban J connectivity index is 2.14. The molecule has 4 heteroatoms. The van der Waals surface area contributed by atoms with E-state index < -0.39 is 5.41 Å². The van der Waals surface area contributed by atoms with Crippen molar-refractivity contribution in [1.29, 1.82) is 0 Å². The Morgan fingerprint density at radius 3 is 2.78 bits per heavy atom. The van der Waals surface area contributed by atoms with Crippen LogP contribution < -0.4 is 4.90 Å². The maximum Gasteiger partial charge on any atom is 0.305 e. The SMILES string of the molecule is Cc1ccc2c(c1)C1(CCC(=O)OC1)C(=O)N2C. The third kappa shape index (κ3) is 1.32. The van der Waals surface area contributed by atoms with Crippen molar-refractivity contribution in [1.82, 2.24) is 0 Å². The van der Waals surface area contributed by atoms with Crippen LogP contribution in [-0.4, -0.2) is 25.5 Å². The number of anilines is 1. The smallest absolute Gasteiger partial charge is 0.305 e. The molecule has 0 aromatic heterocycles. The molecule has 4 nitrogen and oxygen atoms in total. The van der Waals surface area contributed by atoms with Gasteiger partial charge in [-0.3, -0.25) is 9.59 Å². The highest BCUT2D eigenvalue weighted by atomic mass is 16.5. The van der Waals surface area contributed by atoms with Gasteiger partial charge in [0.2, 0.25) is 5.91 Å². The van der Waals surface area contributed by atoms with E-state index in [0.29, 0.717) is 12.8 Å². The summed E-state index contributed by atoms with van der Waals surface area (Å²) < 4.78 is 5.14. The lowest BCUT2D eigenvalue weighted by atomic mass is 9.77. The van der Waals surface area contributed by atoms with E-state index in [2.05, 4.69) is 0 Å². The van der Waals surface area contributed by atoms with Gasteiger partial charge in [-0.15, -0.1) is 0 Å². The summed E-state index contributed by atoms with van der Waals surface area (Å²) in [6.45, 7) is 2.18. The minimum atomic E-state index is -0.649. The van der Waals surface area contributed by atoms with Crippen LogP contribution in [0.2, 0.25) is 0 Å². The van der Waals surface area contributed by atoms with E-state index in [4.69, 9.17) is 4.74 Å². The molecule has 1 aromatic carbocycles. The Labute approximate surface area is 106 Å². The van der Waals surface area contributed by atoms with Gasteiger partial charge >= 0.3 is 5.97 Å². The van der Waals surface area contributed by atoms with Crippen LogP contribution in [0.3, 0.4) is 0 Å². The number of aryl methyl sites for hydroxylation is 1. The Kier molecular flexibility index (Phi) is 2.24. The molecule has 0 radical (unpaired) electrons. The molecule has 0 saturated carbocycles. The lowest BCUT2D eigenvalue weighted by molar-refractivity contribution is -0.152. The van der Waals surface area contributed by atoms with E-state index >= 15 is 0 Å². The lowest BCUT2D eigenvalue weighted by Gasteiger charge is -2.31. The van der Waals surface area contributed by atoms with Crippen molar-refractivity contribution < 1.29 is 14.3 Å². The van der Waals surface area contributed by atoms with Crippen LogP contribution in [0, 0.1) is 6.92 Å². The van der Waals surface area contributed by atoms with Gasteiger partial charge in [0.25, 0.3) is 0 Å². The van der Waals surface area contributed by atoms with Gasteiger partial charge in [-0.1, -0.05) is 17.7 Å². The molecule has 1 amide bonds. The number of carbonyl (C=O) groups excluding carboxylic acids is 2. The first-order valence-electron chi connectivity index (χ1n) is 6.09. The van der Waals surface area contributed by atoms with Crippen molar-refractivity contribution in [2.45, 2.75) is 25.2 Å². The summed E-state index contributed by atoms with van der Waals surface area (Å²) in [5.74, 6) is -0.173. The number of ether oxygens (including phenoxy) is 1. The predicted octanol–water partition coefficient (Wildman–Crippen LogP) is 1.55. The van der Waals surface area contributed by atoms with Gasteiger partial charge in [0.15, 0.2) is 0 Å². The third-order valence-electron chi connectivity index (χ3n) is 3.98. The zero-order valence-corrected chi connectivity index (χ0v) is 10.5. The summed E-state index contributed by atoms with van der Waals surface area (Å²) in [6, 6.07) is 6.00. The number of nitrogens with zero attached hydrogens (tertiary/aromatic N) is 1. The van der Waals surface area contributed by atoms with Crippen molar-refractivity contribution in [3.8, 4) is 0 Å². The van der Waals surface area contributed by atoms with E-state index in [9.17, 15) is 9.59 Å². The van der Waals surface area contributed by atoms with Gasteiger partial charge in [0.05, 0.1) is 0 Å². The fourth-order valence-corrected chi connectivity index (χ4v) is 2.92. The fourth-order valence-electron chi connectivity index (χ4n) is 2.92. The Hall–Kier alpha value is -1.84. The molecule has 1 aromatic rings. The number of amides is 1. The van der Waals surface area contributed by atoms with Crippen LogP contribution in [0.15, 0.2) is 18.2 Å². The Bertz CT molecular complexity index is 540. The monoisotopic (exact) mass is 245 g/mol. The van der Waals surface area contributed by atoms with Crippen LogP contribution in [-0.2, 0) is 19.7 Å². The minimum absolute atomic E-state index is 0.0376. The summed E-state index contributed by atoms with van der Waals surface area (Å²) in [7, 11) is 1.78. The summed E-state index contributed by atoms with van der Waals surface area (Å²) in [5.41, 5.74) is 2.41. The zero-order chi connectivity index (χ0) is 12.9. The van der Waals surface area contributed by atoms with Crippen LogP contribution in [0.5, 0.6) is 0 Å². The van der Waals surface area contributed by atoms with Crippen molar-refractivity contribution >= 4 is 17.6 Å². The second-order valence-corrected chi connectivity index (χ2v) is 5.13. The molecule has 1 saturated heterocycles. The second-order valence-electron chi connectivity index (χ2n) is 5.13. The Morgan fingerprint density at radius 2 is 2.11 bits per heavy atom. The zero-order valence-electron chi connectivity index (χ0n) is 10.5. The highest BCUT2D eigenvalue weighted by Gasteiger charge is 2.52. The van der Waals surface area contributed by atoms with Gasteiger partial charge in [0, 0.05) is 19.2 Å². The molecule has 1 atom stereocenters. The highest BCUT2D eigenvalue weighted by Crippen LogP contribution is 2.46. The molecule has 94 valence electrons. The quantitative estimate of drug-likeness (QED) is 0.651. The van der Waals surface area contributed by atoms with Gasteiger partial charge in [0.1, 0.15) is 12.0 Å². The summed E-state index contributed by atoms with van der Waals surface area (Å²) >= 11 is 0. The first-order chi connectivity index (χ1) is 8.54. The highest BCUT2D eigenvalue weighted by molar-refractivity contribution is 6.08. The van der Waals surface area contributed by atoms with Crippen LogP contribution in [0.4, 0.5) is 5.69 Å². The fraction of sp³-hybridized carbons (Fsp3) is 0.429. The molecule has 1 spiro atoms. The molecule has 2 aliphatic rings. The number of carbonyl (C=O) groups is 2. The third-order valence-corrected chi connectivity index (χ3v) is 3.98. The standard InChI is InChI=1S/C14H15NO3/c1-9-3-4-11-10(7-9)14(13(17)15(11)2)6-5-12(16)18-8-14/h3-4,7H,5-6,8H2,1-2H3. The average Bonchev–Trinajstić information content (AvgIpc) is 2.56. The van der Waals surface area contributed by atoms with E-state index in [1.54, 1.807) is 11.9 Å². The number of cyclic esters (lactones) is 1. The first-order valence-corrected chi connectivity index (χ1v) is 6.09. The molecular weight excluding hydrogens is 230 g/mol. The summed E-state index contributed by atoms with van der Waals surface area (Å²) in [4.78, 5) is 25.4. The topological polar surface area (TPSA) is 46.6 Å². The molecule has 1 fully saturated rings. The van der Waals surface area contributed by atoms with E-state index in [-0.39, 0.29) is 18.5 Å². The molecule has 0 N–H and O–H groups in total. The number of fused-ring (bicyclic) bond motifs is 2. The molecule has 2 heterocycles. The summed E-state index contributed by atoms with van der Waals surface area (Å²) in [6.07, 6.45) is 0.860. The van der Waals surface area contributed by atoms with Crippen LogP contribution in [0.1, 0.15) is 24.0 Å². The average molecular weight is 245 g/mol. The maximum atomic E-state index is 12.5. The Morgan fingerprint density at radius 1 is 1.33 bits per heavy atom. The maximum absolute atomic E-state index is 12.5. The molecule has 0 aliphatic carbocycles. The first kappa shape index (κ1) is 11.3. The van der Waals surface area contributed by atoms with E-state index in [1.165, 1.54) is 0 Å². The number of rotatable bonds is 0. The predicted molar refractivity (Wildman–Crippen MR) is 66.5 cm³/mol. The largest absolute Gasteiger partial charge is 0.464 e. The molecular formula is C14H15NO3. The number of esters is 1. The molecule has 1 unspecified atom stereocenters. The minimum Gasteiger partial charge on any atom is -0.464 e. The van der Waals surface area contributed by atoms with Crippen LogP contribution >= 0.6 is 0 Å². The number of likely N-dealkylation sites (N-methyl/N-ethyl adjacent to an activating group) is 1. The van der Waals surface area contributed by atoms with Crippen LogP contribution in [0.25, 0.3) is 0 Å². The van der Waals surface area contributed by atoms with Gasteiger partial charge < -0.3 is 9.64 Å². The van der Waals surface area contributed by atoms with Gasteiger partial charge in [-0.2, -0.15) is 0 Å². The van der Waals surface area contributed by atoms with Gasteiger partial charge in [-0.05, 0) is 25.0 Å². The molecule has 3 rings (SSSR count).